The van der Waals surface area contributed by atoms with Crippen molar-refractivity contribution in [1.29, 1.82) is 0 Å². The van der Waals surface area contributed by atoms with Gasteiger partial charge in [0.2, 0.25) is 0 Å². The molecule has 2 N–H and O–H groups in total. The largest absolute Gasteiger partial charge is 0.665 e. The molecule has 1 heterocycles. The average molecular weight is 569 g/mol. The maximum absolute atomic E-state index is 13.6. The molecule has 0 atom stereocenters. The molecule has 0 saturated carbocycles. The van der Waals surface area contributed by atoms with Crippen molar-refractivity contribution < 1.29 is 65.2 Å². The molecule has 0 amide bonds. The quantitative estimate of drug-likeness (QED) is 0.398. The van der Waals surface area contributed by atoms with Gasteiger partial charge < -0.3 is 25.1 Å². The standard InChI is InChI=1S/C24H27F3NO3.C2H6O.Y/c1-22(2)30-16-23(28,17-31-22)13-12-19-10-11-21(20(15-19)24(25,26)27)29-14-6-9-18-7-4-3-5-8-18;1-2-3;/h3-5,7-8,10-13,15,28H,6,9,14,16-17H2,1-2H3;3H,2H2,1H3;/q-1;;/b13-12+;;. The Labute approximate surface area is 230 Å². The zero-order chi connectivity index (χ0) is 25.2. The SMILES string of the molecule is CC1(C)OCC([NH-])(/C=C/c2ccc(OCCCc3ccccc3)c(C(F)(F)F)c2)CO1.CCO.[Y]. The smallest absolute Gasteiger partial charge is 0.419 e. The summed E-state index contributed by atoms with van der Waals surface area (Å²) in [4.78, 5) is 0. The number of ether oxygens (including phenoxy) is 3. The Morgan fingerprint density at radius 2 is 1.69 bits per heavy atom. The van der Waals surface area contributed by atoms with Crippen molar-refractivity contribution in [3.8, 4) is 5.75 Å². The van der Waals surface area contributed by atoms with Gasteiger partial charge in [0.15, 0.2) is 5.79 Å². The Morgan fingerprint density at radius 1 is 1.09 bits per heavy atom. The van der Waals surface area contributed by atoms with Crippen LogP contribution in [0, 0.1) is 0 Å². The summed E-state index contributed by atoms with van der Waals surface area (Å²) in [5.41, 5.74) is 7.83. The number of aryl methyl sites for hydroxylation is 1. The summed E-state index contributed by atoms with van der Waals surface area (Å²) in [6.45, 7) is 5.83. The van der Waals surface area contributed by atoms with Crippen molar-refractivity contribution in [3.05, 3.63) is 77.0 Å². The van der Waals surface area contributed by atoms with Crippen molar-refractivity contribution in [2.75, 3.05) is 26.4 Å². The number of halogens is 3. The van der Waals surface area contributed by atoms with Crippen LogP contribution in [0.3, 0.4) is 0 Å². The van der Waals surface area contributed by atoms with E-state index >= 15 is 0 Å². The molecule has 35 heavy (non-hydrogen) atoms. The van der Waals surface area contributed by atoms with E-state index in [2.05, 4.69) is 0 Å². The van der Waals surface area contributed by atoms with E-state index in [0.29, 0.717) is 12.0 Å². The molecule has 3 rings (SSSR count). The summed E-state index contributed by atoms with van der Waals surface area (Å²) in [5, 5.41) is 7.57. The number of benzene rings is 2. The molecule has 1 saturated heterocycles. The van der Waals surface area contributed by atoms with Crippen LogP contribution in [0.2, 0.25) is 0 Å². The minimum Gasteiger partial charge on any atom is -0.665 e. The molecule has 0 aromatic heterocycles. The van der Waals surface area contributed by atoms with E-state index in [1.54, 1.807) is 26.8 Å². The molecule has 1 aliphatic heterocycles. The summed E-state index contributed by atoms with van der Waals surface area (Å²) in [6, 6.07) is 13.7. The summed E-state index contributed by atoms with van der Waals surface area (Å²) in [7, 11) is 0. The molecule has 0 aliphatic carbocycles. The Kier molecular flexibility index (Phi) is 13.1. The van der Waals surface area contributed by atoms with Crippen LogP contribution in [-0.2, 0) is 54.8 Å². The fourth-order valence-electron chi connectivity index (χ4n) is 3.14. The molecule has 1 fully saturated rings. The van der Waals surface area contributed by atoms with Gasteiger partial charge in [0.1, 0.15) is 5.75 Å². The van der Waals surface area contributed by atoms with E-state index in [1.807, 2.05) is 30.3 Å². The molecular formula is C26H33F3NO4Y-. The minimum atomic E-state index is -4.54. The van der Waals surface area contributed by atoms with Gasteiger partial charge >= 0.3 is 6.18 Å². The number of aliphatic hydroxyl groups is 1. The number of aliphatic hydroxyl groups excluding tert-OH is 1. The minimum absolute atomic E-state index is 0. The van der Waals surface area contributed by atoms with E-state index in [1.165, 1.54) is 18.2 Å². The summed E-state index contributed by atoms with van der Waals surface area (Å²) < 4.78 is 57.2. The second-order valence-electron chi connectivity index (χ2n) is 8.47. The fourth-order valence-corrected chi connectivity index (χ4v) is 3.14. The third kappa shape index (κ3) is 11.1. The Balaban J connectivity index is 0.00000145. The number of rotatable bonds is 7. The number of alkyl halides is 3. The average Bonchev–Trinajstić information content (AvgIpc) is 2.79. The third-order valence-corrected chi connectivity index (χ3v) is 4.97. The fraction of sp³-hybridized carbons (Fsp3) is 0.462. The Bertz CT molecular complexity index is 911. The first-order valence-electron chi connectivity index (χ1n) is 11.2. The van der Waals surface area contributed by atoms with Gasteiger partial charge in [-0.1, -0.05) is 54.1 Å². The van der Waals surface area contributed by atoms with Gasteiger partial charge in [-0.25, -0.2) is 0 Å². The molecule has 5 nitrogen and oxygen atoms in total. The van der Waals surface area contributed by atoms with Crippen LogP contribution >= 0.6 is 0 Å². The van der Waals surface area contributed by atoms with E-state index in [9.17, 15) is 13.2 Å². The van der Waals surface area contributed by atoms with E-state index < -0.39 is 23.1 Å². The van der Waals surface area contributed by atoms with Gasteiger partial charge in [-0.2, -0.15) is 13.2 Å². The molecule has 1 radical (unpaired) electrons. The summed E-state index contributed by atoms with van der Waals surface area (Å²) in [6.07, 6.45) is -0.195. The molecule has 1 aliphatic rings. The second-order valence-corrected chi connectivity index (χ2v) is 8.47. The van der Waals surface area contributed by atoms with Gasteiger partial charge in [0, 0.05) is 52.5 Å². The number of nitrogens with one attached hydrogen (secondary N) is 1. The third-order valence-electron chi connectivity index (χ3n) is 4.97. The van der Waals surface area contributed by atoms with Crippen LogP contribution in [0.4, 0.5) is 13.2 Å². The predicted molar refractivity (Wildman–Crippen MR) is 127 cm³/mol. The molecular weight excluding hydrogens is 536 g/mol. The maximum Gasteiger partial charge on any atom is 0.419 e. The van der Waals surface area contributed by atoms with Crippen molar-refractivity contribution in [3.63, 3.8) is 0 Å². The zero-order valence-electron chi connectivity index (χ0n) is 20.4. The van der Waals surface area contributed by atoms with Gasteiger partial charge in [-0.3, -0.25) is 0 Å². The first-order chi connectivity index (χ1) is 16.0. The molecule has 2 aromatic carbocycles. The van der Waals surface area contributed by atoms with Crippen LogP contribution in [0.5, 0.6) is 5.75 Å². The number of hydrogen-bond acceptors (Lipinski definition) is 4. The first kappa shape index (κ1) is 31.7. The van der Waals surface area contributed by atoms with Crippen LogP contribution in [0.15, 0.2) is 54.6 Å². The van der Waals surface area contributed by atoms with Gasteiger partial charge in [0.25, 0.3) is 0 Å². The Hall–Kier alpha value is -1.29. The van der Waals surface area contributed by atoms with Gasteiger partial charge in [-0.15, -0.1) is 0 Å². The van der Waals surface area contributed by atoms with Crippen molar-refractivity contribution in [1.82, 2.24) is 0 Å². The second kappa shape index (κ2) is 14.5. The van der Waals surface area contributed by atoms with Crippen molar-refractivity contribution >= 4 is 6.08 Å². The monoisotopic (exact) mass is 569 g/mol. The number of hydrogen-bond donors (Lipinski definition) is 1. The molecule has 9 heteroatoms. The van der Waals surface area contributed by atoms with E-state index in [0.717, 1.165) is 18.1 Å². The first-order valence-corrected chi connectivity index (χ1v) is 11.2. The van der Waals surface area contributed by atoms with Crippen LogP contribution < -0.4 is 4.74 Å². The molecule has 0 bridgehead atoms. The van der Waals surface area contributed by atoms with Crippen LogP contribution in [0.1, 0.15) is 43.9 Å². The molecule has 0 unspecified atom stereocenters. The van der Waals surface area contributed by atoms with Gasteiger partial charge in [0.05, 0.1) is 12.2 Å². The topological polar surface area (TPSA) is 71.7 Å². The maximum atomic E-state index is 13.6. The molecule has 0 spiro atoms. The van der Waals surface area contributed by atoms with Crippen molar-refractivity contribution in [2.45, 2.75) is 51.1 Å². The van der Waals surface area contributed by atoms with Gasteiger partial charge in [-0.05, 0) is 56.9 Å². The summed E-state index contributed by atoms with van der Waals surface area (Å²) in [5.74, 6) is -0.953. The van der Waals surface area contributed by atoms with E-state index in [-0.39, 0.29) is 64.9 Å². The molecule has 191 valence electrons. The van der Waals surface area contributed by atoms with Crippen LogP contribution in [-0.4, -0.2) is 42.9 Å². The predicted octanol–water partition coefficient (Wildman–Crippen LogP) is 6.30. The normalized spacial score (nSPS) is 16.7. The summed E-state index contributed by atoms with van der Waals surface area (Å²) >= 11 is 0. The van der Waals surface area contributed by atoms with Crippen molar-refractivity contribution in [2.24, 2.45) is 0 Å². The zero-order valence-corrected chi connectivity index (χ0v) is 23.2. The van der Waals surface area contributed by atoms with Crippen LogP contribution in [0.25, 0.3) is 11.8 Å². The Morgan fingerprint density at radius 3 is 2.26 bits per heavy atom. The van der Waals surface area contributed by atoms with E-state index in [4.69, 9.17) is 25.1 Å². The molecule has 2 aromatic rings.